The van der Waals surface area contributed by atoms with E-state index < -0.39 is 0 Å². The molecule has 5 heteroatoms. The third-order valence-electron chi connectivity index (χ3n) is 4.91. The lowest BCUT2D eigenvalue weighted by atomic mass is 10.0. The summed E-state index contributed by atoms with van der Waals surface area (Å²) >= 11 is 2.23. The van der Waals surface area contributed by atoms with Gasteiger partial charge in [0.25, 0.3) is 0 Å². The molecule has 0 unspecified atom stereocenters. The Kier molecular flexibility index (Phi) is 5.38. The van der Waals surface area contributed by atoms with E-state index in [1.807, 2.05) is 48.7 Å². The Labute approximate surface area is 166 Å². The summed E-state index contributed by atoms with van der Waals surface area (Å²) in [6.07, 6.45) is 2.02. The van der Waals surface area contributed by atoms with E-state index in [0.717, 1.165) is 65.0 Å². The summed E-state index contributed by atoms with van der Waals surface area (Å²) in [5.74, 6) is 0.0938. The van der Waals surface area contributed by atoms with Crippen molar-refractivity contribution >= 4 is 39.3 Å². The van der Waals surface area contributed by atoms with Crippen molar-refractivity contribution in [2.75, 3.05) is 32.8 Å². The molecule has 1 aliphatic rings. The smallest absolute Gasteiger partial charge is 0.196 e. The first-order valence-corrected chi connectivity index (χ1v) is 9.99. The van der Waals surface area contributed by atoms with Gasteiger partial charge in [-0.05, 0) is 40.8 Å². The quantitative estimate of drug-likeness (QED) is 0.429. The summed E-state index contributed by atoms with van der Waals surface area (Å²) in [5, 5.41) is 1.03. The second-order valence-corrected chi connectivity index (χ2v) is 7.68. The molecule has 1 saturated heterocycles. The zero-order valence-corrected chi connectivity index (χ0v) is 16.7. The predicted molar refractivity (Wildman–Crippen MR) is 112 cm³/mol. The number of aromatic nitrogens is 1. The maximum atomic E-state index is 13.2. The largest absolute Gasteiger partial charge is 0.379 e. The molecule has 2 aromatic carbocycles. The highest BCUT2D eigenvalue weighted by Crippen LogP contribution is 2.25. The number of carbonyl (C=O) groups is 1. The van der Waals surface area contributed by atoms with Crippen LogP contribution in [0.1, 0.15) is 15.9 Å². The molecule has 1 aliphatic heterocycles. The summed E-state index contributed by atoms with van der Waals surface area (Å²) in [7, 11) is 0. The molecule has 0 N–H and O–H groups in total. The van der Waals surface area contributed by atoms with Gasteiger partial charge in [-0.15, -0.1) is 0 Å². The fourth-order valence-electron chi connectivity index (χ4n) is 3.48. The van der Waals surface area contributed by atoms with Gasteiger partial charge in [-0.3, -0.25) is 9.69 Å². The third kappa shape index (κ3) is 3.56. The van der Waals surface area contributed by atoms with Gasteiger partial charge in [-0.1, -0.05) is 30.3 Å². The average Bonchev–Trinajstić information content (AvgIpc) is 3.06. The number of hydrogen-bond donors (Lipinski definition) is 0. The van der Waals surface area contributed by atoms with Crippen LogP contribution in [0.25, 0.3) is 10.9 Å². The number of ether oxygens (including phenoxy) is 1. The Morgan fingerprint density at radius 2 is 1.69 bits per heavy atom. The molecule has 4 nitrogen and oxygen atoms in total. The molecule has 4 rings (SSSR count). The van der Waals surface area contributed by atoms with Crippen LogP contribution in [-0.4, -0.2) is 48.1 Å². The van der Waals surface area contributed by atoms with Gasteiger partial charge in [-0.2, -0.15) is 0 Å². The van der Waals surface area contributed by atoms with E-state index in [0.29, 0.717) is 0 Å². The molecule has 0 atom stereocenters. The van der Waals surface area contributed by atoms with Gasteiger partial charge in [0.2, 0.25) is 0 Å². The zero-order chi connectivity index (χ0) is 17.9. The second kappa shape index (κ2) is 7.90. The minimum atomic E-state index is 0.0938. The number of rotatable bonds is 5. The van der Waals surface area contributed by atoms with Crippen LogP contribution >= 0.6 is 22.6 Å². The fourth-order valence-corrected chi connectivity index (χ4v) is 4.11. The van der Waals surface area contributed by atoms with E-state index in [-0.39, 0.29) is 5.78 Å². The van der Waals surface area contributed by atoms with Crippen LogP contribution in [-0.2, 0) is 11.3 Å². The molecule has 0 aliphatic carbocycles. The van der Waals surface area contributed by atoms with Gasteiger partial charge in [-0.25, -0.2) is 0 Å². The van der Waals surface area contributed by atoms with Crippen LogP contribution in [0.15, 0.2) is 54.7 Å². The van der Waals surface area contributed by atoms with Gasteiger partial charge in [0, 0.05) is 58.0 Å². The predicted octanol–water partition coefficient (Wildman–Crippen LogP) is 3.81. The normalized spacial score (nSPS) is 15.4. The van der Waals surface area contributed by atoms with Crippen molar-refractivity contribution in [3.05, 3.63) is 69.4 Å². The van der Waals surface area contributed by atoms with Crippen LogP contribution in [0.3, 0.4) is 0 Å². The lowest BCUT2D eigenvalue weighted by Crippen LogP contribution is -2.38. The van der Waals surface area contributed by atoms with Gasteiger partial charge in [0.1, 0.15) is 0 Å². The molecule has 0 saturated carbocycles. The summed E-state index contributed by atoms with van der Waals surface area (Å²) in [6.45, 7) is 5.42. The molecule has 3 aromatic rings. The first-order valence-electron chi connectivity index (χ1n) is 8.91. The molecule has 1 aromatic heterocycles. The monoisotopic (exact) mass is 460 g/mol. The Balaban J connectivity index is 1.65. The molecule has 0 amide bonds. The van der Waals surface area contributed by atoms with Crippen LogP contribution in [0, 0.1) is 3.57 Å². The Morgan fingerprint density at radius 3 is 2.50 bits per heavy atom. The number of halogens is 1. The van der Waals surface area contributed by atoms with Gasteiger partial charge in [0.05, 0.1) is 13.2 Å². The minimum absolute atomic E-state index is 0.0938. The van der Waals surface area contributed by atoms with Crippen molar-refractivity contribution in [3.8, 4) is 0 Å². The van der Waals surface area contributed by atoms with Crippen molar-refractivity contribution in [1.29, 1.82) is 0 Å². The number of para-hydroxylation sites is 1. The molecule has 0 radical (unpaired) electrons. The van der Waals surface area contributed by atoms with E-state index >= 15 is 0 Å². The van der Waals surface area contributed by atoms with Gasteiger partial charge < -0.3 is 9.30 Å². The summed E-state index contributed by atoms with van der Waals surface area (Å²) < 4.78 is 8.63. The number of morpholine rings is 1. The lowest BCUT2D eigenvalue weighted by molar-refractivity contribution is 0.0365. The molecular formula is C21H21IN2O2. The molecule has 134 valence electrons. The molecule has 0 spiro atoms. The first kappa shape index (κ1) is 17.7. The first-order chi connectivity index (χ1) is 12.7. The maximum Gasteiger partial charge on any atom is 0.196 e. The molecular weight excluding hydrogens is 439 g/mol. The SMILES string of the molecule is O=C(c1ccccc1I)c1cn(CCN2CCOCC2)c2ccccc12. The minimum Gasteiger partial charge on any atom is -0.379 e. The Bertz CT molecular complexity index is 929. The summed E-state index contributed by atoms with van der Waals surface area (Å²) in [6, 6.07) is 16.0. The van der Waals surface area contributed by atoms with Crippen LogP contribution in [0.4, 0.5) is 0 Å². The van der Waals surface area contributed by atoms with Crippen molar-refractivity contribution in [3.63, 3.8) is 0 Å². The van der Waals surface area contributed by atoms with Crippen LogP contribution in [0.2, 0.25) is 0 Å². The van der Waals surface area contributed by atoms with E-state index in [4.69, 9.17) is 4.74 Å². The van der Waals surface area contributed by atoms with Crippen molar-refractivity contribution in [2.45, 2.75) is 6.54 Å². The van der Waals surface area contributed by atoms with E-state index in [1.54, 1.807) is 0 Å². The molecule has 2 heterocycles. The number of ketones is 1. The van der Waals surface area contributed by atoms with Gasteiger partial charge in [0.15, 0.2) is 5.78 Å². The topological polar surface area (TPSA) is 34.5 Å². The van der Waals surface area contributed by atoms with E-state index in [2.05, 4.69) is 38.1 Å². The van der Waals surface area contributed by atoms with E-state index in [1.165, 1.54) is 0 Å². The van der Waals surface area contributed by atoms with Crippen molar-refractivity contribution in [2.24, 2.45) is 0 Å². The summed E-state index contributed by atoms with van der Waals surface area (Å²) in [5.41, 5.74) is 2.67. The summed E-state index contributed by atoms with van der Waals surface area (Å²) in [4.78, 5) is 15.6. The average molecular weight is 460 g/mol. The molecule has 1 fully saturated rings. The lowest BCUT2D eigenvalue weighted by Gasteiger charge is -2.26. The number of hydrogen-bond acceptors (Lipinski definition) is 3. The highest BCUT2D eigenvalue weighted by molar-refractivity contribution is 14.1. The van der Waals surface area contributed by atoms with Gasteiger partial charge >= 0.3 is 0 Å². The molecule has 0 bridgehead atoms. The van der Waals surface area contributed by atoms with Crippen molar-refractivity contribution in [1.82, 2.24) is 9.47 Å². The Morgan fingerprint density at radius 1 is 0.962 bits per heavy atom. The standard InChI is InChI=1S/C21H21IN2O2/c22-19-7-3-1-6-17(19)21(25)18-15-24(20-8-4-2-5-16(18)20)10-9-23-11-13-26-14-12-23/h1-8,15H,9-14H2. The second-order valence-electron chi connectivity index (χ2n) is 6.52. The third-order valence-corrected chi connectivity index (χ3v) is 5.85. The fraction of sp³-hybridized carbons (Fsp3) is 0.286. The zero-order valence-electron chi connectivity index (χ0n) is 14.5. The van der Waals surface area contributed by atoms with E-state index in [9.17, 15) is 4.79 Å². The molecule has 26 heavy (non-hydrogen) atoms. The number of fused-ring (bicyclic) bond motifs is 1. The number of nitrogens with zero attached hydrogens (tertiary/aromatic N) is 2. The van der Waals surface area contributed by atoms with Crippen LogP contribution in [0.5, 0.6) is 0 Å². The Hall–Kier alpha value is -1.70. The van der Waals surface area contributed by atoms with Crippen molar-refractivity contribution < 1.29 is 9.53 Å². The highest BCUT2D eigenvalue weighted by Gasteiger charge is 2.19. The number of benzene rings is 2. The maximum absolute atomic E-state index is 13.2. The number of carbonyl (C=O) groups excluding carboxylic acids is 1. The van der Waals surface area contributed by atoms with Crippen LogP contribution < -0.4 is 0 Å². The highest BCUT2D eigenvalue weighted by atomic mass is 127.